The molecule has 0 N–H and O–H groups in total. The fourth-order valence-electron chi connectivity index (χ4n) is 2.91. The minimum Gasteiger partial charge on any atom is -0.295 e. The van der Waals surface area contributed by atoms with Crippen LogP contribution in [-0.4, -0.2) is 23.4 Å². The van der Waals surface area contributed by atoms with Crippen LogP contribution in [0.5, 0.6) is 0 Å². The molecule has 0 amide bonds. The zero-order chi connectivity index (χ0) is 12.5. The molecule has 1 fully saturated rings. The molecule has 0 radical (unpaired) electrons. The molecule has 3 rings (SSSR count). The van der Waals surface area contributed by atoms with Crippen LogP contribution in [0.2, 0.25) is 0 Å². The van der Waals surface area contributed by atoms with Crippen molar-refractivity contribution in [2.45, 2.75) is 25.9 Å². The van der Waals surface area contributed by atoms with Gasteiger partial charge in [-0.2, -0.15) is 0 Å². The maximum Gasteiger partial charge on any atom is 0.0382 e. The van der Waals surface area contributed by atoms with Crippen molar-refractivity contribution in [3.63, 3.8) is 0 Å². The van der Waals surface area contributed by atoms with Crippen molar-refractivity contribution in [2.75, 3.05) is 12.4 Å². The van der Waals surface area contributed by atoms with Gasteiger partial charge in [0.1, 0.15) is 0 Å². The molecule has 0 aliphatic carbocycles. The maximum absolute atomic E-state index is 6.12. The molecule has 3 heteroatoms. The number of rotatable bonds is 3. The Balaban J connectivity index is 1.84. The van der Waals surface area contributed by atoms with Gasteiger partial charge in [0.25, 0.3) is 0 Å². The molecule has 0 spiro atoms. The predicted molar refractivity (Wildman–Crippen MR) is 80.5 cm³/mol. The lowest BCUT2D eigenvalue weighted by atomic mass is 10.0. The Bertz CT molecular complexity index is 536. The average Bonchev–Trinajstić information content (AvgIpc) is 2.95. The van der Waals surface area contributed by atoms with Crippen LogP contribution in [0.4, 0.5) is 0 Å². The number of nitrogens with zero attached hydrogens (tertiary/aromatic N) is 1. The molecule has 1 saturated heterocycles. The standard InChI is InChI=1S/C15H18ClNS/c1-11-6-7-17(14(11)8-16)9-12-10-18-15-5-3-2-4-13(12)15/h2-5,10-11,14H,6-9H2,1H3. The van der Waals surface area contributed by atoms with Gasteiger partial charge in [-0.05, 0) is 41.3 Å². The molecular formula is C15H18ClNS. The van der Waals surface area contributed by atoms with Gasteiger partial charge in [0.05, 0.1) is 0 Å². The summed E-state index contributed by atoms with van der Waals surface area (Å²) >= 11 is 7.96. The SMILES string of the molecule is CC1CCN(Cc2csc3ccccc23)C1CCl. The van der Waals surface area contributed by atoms with Gasteiger partial charge in [0, 0.05) is 23.2 Å². The summed E-state index contributed by atoms with van der Waals surface area (Å²) in [6.07, 6.45) is 1.28. The van der Waals surface area contributed by atoms with E-state index in [1.807, 2.05) is 11.3 Å². The number of alkyl halides is 1. The van der Waals surface area contributed by atoms with Gasteiger partial charge in [0.15, 0.2) is 0 Å². The highest BCUT2D eigenvalue weighted by atomic mass is 35.5. The van der Waals surface area contributed by atoms with Crippen LogP contribution in [0.1, 0.15) is 18.9 Å². The molecule has 2 unspecified atom stereocenters. The van der Waals surface area contributed by atoms with Crippen LogP contribution < -0.4 is 0 Å². The Morgan fingerprint density at radius 1 is 1.39 bits per heavy atom. The predicted octanol–water partition coefficient (Wildman–Crippen LogP) is 4.35. The highest BCUT2D eigenvalue weighted by molar-refractivity contribution is 7.17. The third-order valence-electron chi connectivity index (χ3n) is 4.09. The molecule has 1 aliphatic heterocycles. The van der Waals surface area contributed by atoms with Crippen molar-refractivity contribution in [3.05, 3.63) is 35.2 Å². The third-order valence-corrected chi connectivity index (χ3v) is 5.42. The minimum absolute atomic E-state index is 0.547. The second kappa shape index (κ2) is 5.20. The van der Waals surface area contributed by atoms with Crippen LogP contribution in [0, 0.1) is 5.92 Å². The van der Waals surface area contributed by atoms with Gasteiger partial charge in [-0.15, -0.1) is 22.9 Å². The normalized spacial score (nSPS) is 25.0. The van der Waals surface area contributed by atoms with Gasteiger partial charge >= 0.3 is 0 Å². The smallest absolute Gasteiger partial charge is 0.0382 e. The van der Waals surface area contributed by atoms with Crippen molar-refractivity contribution in [1.82, 2.24) is 4.90 Å². The Hall–Kier alpha value is -0.570. The zero-order valence-electron chi connectivity index (χ0n) is 10.6. The Morgan fingerprint density at radius 3 is 3.06 bits per heavy atom. The molecule has 1 aliphatic rings. The van der Waals surface area contributed by atoms with Crippen LogP contribution in [0.25, 0.3) is 10.1 Å². The quantitative estimate of drug-likeness (QED) is 0.755. The number of hydrogen-bond donors (Lipinski definition) is 0. The molecular weight excluding hydrogens is 262 g/mol. The number of thiophene rings is 1. The van der Waals surface area contributed by atoms with Crippen LogP contribution in [-0.2, 0) is 6.54 Å². The highest BCUT2D eigenvalue weighted by Crippen LogP contribution is 2.31. The molecule has 0 saturated carbocycles. The van der Waals surface area contributed by atoms with Crippen molar-refractivity contribution >= 4 is 33.0 Å². The van der Waals surface area contributed by atoms with E-state index in [0.717, 1.165) is 18.3 Å². The van der Waals surface area contributed by atoms with E-state index in [2.05, 4.69) is 41.5 Å². The van der Waals surface area contributed by atoms with E-state index in [1.54, 1.807) is 0 Å². The molecule has 96 valence electrons. The van der Waals surface area contributed by atoms with Gasteiger partial charge in [-0.3, -0.25) is 4.90 Å². The van der Waals surface area contributed by atoms with E-state index in [0.29, 0.717) is 6.04 Å². The van der Waals surface area contributed by atoms with Crippen LogP contribution in [0.15, 0.2) is 29.6 Å². The summed E-state index contributed by atoms with van der Waals surface area (Å²) in [5, 5.41) is 3.72. The van der Waals surface area contributed by atoms with E-state index in [9.17, 15) is 0 Å². The van der Waals surface area contributed by atoms with Gasteiger partial charge in [-0.25, -0.2) is 0 Å². The topological polar surface area (TPSA) is 3.24 Å². The second-order valence-corrected chi connectivity index (χ2v) is 6.44. The second-order valence-electron chi connectivity index (χ2n) is 5.22. The van der Waals surface area contributed by atoms with E-state index >= 15 is 0 Å². The number of halogens is 1. The summed E-state index contributed by atoms with van der Waals surface area (Å²) in [4.78, 5) is 2.55. The van der Waals surface area contributed by atoms with Crippen molar-refractivity contribution < 1.29 is 0 Å². The molecule has 18 heavy (non-hydrogen) atoms. The third kappa shape index (κ3) is 2.18. The van der Waals surface area contributed by atoms with Gasteiger partial charge < -0.3 is 0 Å². The summed E-state index contributed by atoms with van der Waals surface area (Å²) in [6, 6.07) is 9.22. The summed E-state index contributed by atoms with van der Waals surface area (Å²) in [6.45, 7) is 4.55. The molecule has 2 heterocycles. The summed E-state index contributed by atoms with van der Waals surface area (Å²) in [5.74, 6) is 1.48. The van der Waals surface area contributed by atoms with Crippen LogP contribution >= 0.6 is 22.9 Å². The summed E-state index contributed by atoms with van der Waals surface area (Å²) in [7, 11) is 0. The number of likely N-dealkylation sites (tertiary alicyclic amines) is 1. The van der Waals surface area contributed by atoms with Crippen molar-refractivity contribution in [1.29, 1.82) is 0 Å². The van der Waals surface area contributed by atoms with E-state index < -0.39 is 0 Å². The maximum atomic E-state index is 6.12. The van der Waals surface area contributed by atoms with Gasteiger partial charge in [-0.1, -0.05) is 25.1 Å². The molecule has 2 aromatic rings. The van der Waals surface area contributed by atoms with Crippen LogP contribution in [0.3, 0.4) is 0 Å². The molecule has 0 bridgehead atoms. The first-order valence-electron chi connectivity index (χ1n) is 6.54. The molecule has 1 aromatic heterocycles. The fraction of sp³-hybridized carbons (Fsp3) is 0.467. The van der Waals surface area contributed by atoms with Crippen molar-refractivity contribution in [3.8, 4) is 0 Å². The molecule has 2 atom stereocenters. The Kier molecular flexibility index (Phi) is 3.60. The average molecular weight is 280 g/mol. The number of fused-ring (bicyclic) bond motifs is 1. The fourth-order valence-corrected chi connectivity index (χ4v) is 4.36. The number of benzene rings is 1. The van der Waals surface area contributed by atoms with Crippen molar-refractivity contribution in [2.24, 2.45) is 5.92 Å². The first-order valence-corrected chi connectivity index (χ1v) is 7.96. The lowest BCUT2D eigenvalue weighted by Crippen LogP contribution is -2.33. The highest BCUT2D eigenvalue weighted by Gasteiger charge is 2.30. The monoisotopic (exact) mass is 279 g/mol. The summed E-state index contributed by atoms with van der Waals surface area (Å²) in [5.41, 5.74) is 1.46. The lowest BCUT2D eigenvalue weighted by Gasteiger charge is -2.24. The molecule has 1 aromatic carbocycles. The molecule has 1 nitrogen and oxygen atoms in total. The van der Waals surface area contributed by atoms with E-state index in [-0.39, 0.29) is 0 Å². The van der Waals surface area contributed by atoms with E-state index in [1.165, 1.54) is 28.6 Å². The lowest BCUT2D eigenvalue weighted by molar-refractivity contribution is 0.243. The Labute approximate surface area is 117 Å². The van der Waals surface area contributed by atoms with Gasteiger partial charge in [0.2, 0.25) is 0 Å². The zero-order valence-corrected chi connectivity index (χ0v) is 12.2. The minimum atomic E-state index is 0.547. The first kappa shape index (κ1) is 12.5. The summed E-state index contributed by atoms with van der Waals surface area (Å²) < 4.78 is 1.39. The Morgan fingerprint density at radius 2 is 2.22 bits per heavy atom. The number of hydrogen-bond acceptors (Lipinski definition) is 2. The first-order chi connectivity index (χ1) is 8.79. The largest absolute Gasteiger partial charge is 0.295 e. The van der Waals surface area contributed by atoms with E-state index in [4.69, 9.17) is 11.6 Å².